The highest BCUT2D eigenvalue weighted by Gasteiger charge is 2.17. The first kappa shape index (κ1) is 24.8. The number of aromatic nitrogens is 3. The minimum atomic E-state index is -0.0588. The van der Waals surface area contributed by atoms with Crippen molar-refractivity contribution in [1.29, 1.82) is 0 Å². The van der Waals surface area contributed by atoms with Crippen molar-refractivity contribution in [2.24, 2.45) is 5.92 Å². The third-order valence-electron chi connectivity index (χ3n) is 5.59. The van der Waals surface area contributed by atoms with Crippen LogP contribution in [0, 0.1) is 5.92 Å². The number of hydrogen-bond acceptors (Lipinski definition) is 10. The lowest BCUT2D eigenvalue weighted by molar-refractivity contribution is 0.316. The van der Waals surface area contributed by atoms with Crippen molar-refractivity contribution in [3.05, 3.63) is 35.4 Å². The Kier molecular flexibility index (Phi) is 8.90. The Bertz CT molecular complexity index is 905. The molecule has 0 aliphatic carbocycles. The lowest BCUT2D eigenvalue weighted by Crippen LogP contribution is -2.37. The molecule has 0 aromatic carbocycles. The molecule has 2 aromatic heterocycles. The van der Waals surface area contributed by atoms with Crippen LogP contribution in [-0.2, 0) is 6.54 Å². The van der Waals surface area contributed by atoms with Gasteiger partial charge in [-0.2, -0.15) is 9.97 Å². The van der Waals surface area contributed by atoms with Gasteiger partial charge in [0, 0.05) is 30.9 Å². The SMILES string of the molecule is CCN(CC)CCNc1cc(NC2C=C(C(C)C)NN2)nc(NCc2cc(C(C)C)no2)n1. The van der Waals surface area contributed by atoms with Crippen molar-refractivity contribution in [1.82, 2.24) is 30.9 Å². The van der Waals surface area contributed by atoms with Gasteiger partial charge in [-0.15, -0.1) is 0 Å². The molecular weight excluding hydrogens is 418 g/mol. The van der Waals surface area contributed by atoms with Crippen LogP contribution in [-0.4, -0.2) is 52.4 Å². The fourth-order valence-corrected chi connectivity index (χ4v) is 3.42. The number of rotatable bonds is 13. The van der Waals surface area contributed by atoms with Gasteiger partial charge in [-0.05, 0) is 31.0 Å². The van der Waals surface area contributed by atoms with E-state index in [0.717, 1.165) is 55.0 Å². The van der Waals surface area contributed by atoms with E-state index < -0.39 is 0 Å². The van der Waals surface area contributed by atoms with Crippen LogP contribution in [0.25, 0.3) is 0 Å². The fraction of sp³-hybridized carbons (Fsp3) is 0.609. The van der Waals surface area contributed by atoms with E-state index in [4.69, 9.17) is 4.52 Å². The first-order valence-corrected chi connectivity index (χ1v) is 11.9. The van der Waals surface area contributed by atoms with Crippen LogP contribution >= 0.6 is 0 Å². The molecule has 1 aliphatic rings. The molecule has 2 aromatic rings. The van der Waals surface area contributed by atoms with E-state index >= 15 is 0 Å². The molecule has 0 amide bonds. The summed E-state index contributed by atoms with van der Waals surface area (Å²) < 4.78 is 5.44. The summed E-state index contributed by atoms with van der Waals surface area (Å²) in [7, 11) is 0. The summed E-state index contributed by atoms with van der Waals surface area (Å²) in [5.41, 5.74) is 8.55. The standard InChI is InChI=1S/C23H39N9O/c1-7-32(8-2)10-9-24-20-13-21(26-22-12-18(15(3)4)29-30-22)28-23(27-20)25-14-17-11-19(16(5)6)31-33-17/h11-13,15-16,22,29-30H,7-10,14H2,1-6H3,(H3,24,25,26,27,28). The molecule has 0 fully saturated rings. The molecule has 1 atom stereocenters. The van der Waals surface area contributed by atoms with Crippen LogP contribution in [0.2, 0.25) is 0 Å². The number of allylic oxidation sites excluding steroid dienone is 1. The average Bonchev–Trinajstić information content (AvgIpc) is 3.45. The Morgan fingerprint density at radius 1 is 1.03 bits per heavy atom. The molecular formula is C23H39N9O. The molecule has 5 N–H and O–H groups in total. The minimum Gasteiger partial charge on any atom is -0.369 e. The van der Waals surface area contributed by atoms with Gasteiger partial charge in [0.05, 0.1) is 12.2 Å². The topological polar surface area (TPSA) is 115 Å². The summed E-state index contributed by atoms with van der Waals surface area (Å²) >= 11 is 0. The van der Waals surface area contributed by atoms with Gasteiger partial charge in [-0.1, -0.05) is 46.7 Å². The summed E-state index contributed by atoms with van der Waals surface area (Å²) in [5.74, 6) is 3.50. The van der Waals surface area contributed by atoms with Crippen LogP contribution in [0.5, 0.6) is 0 Å². The van der Waals surface area contributed by atoms with Crippen molar-refractivity contribution in [2.75, 3.05) is 42.1 Å². The molecule has 1 aliphatic heterocycles. The van der Waals surface area contributed by atoms with E-state index in [-0.39, 0.29) is 6.17 Å². The zero-order valence-electron chi connectivity index (χ0n) is 20.7. The van der Waals surface area contributed by atoms with Gasteiger partial charge in [0.25, 0.3) is 0 Å². The van der Waals surface area contributed by atoms with Crippen molar-refractivity contribution in [2.45, 2.75) is 60.2 Å². The van der Waals surface area contributed by atoms with E-state index in [1.54, 1.807) is 0 Å². The second-order valence-corrected chi connectivity index (χ2v) is 8.81. The molecule has 0 bridgehead atoms. The van der Waals surface area contributed by atoms with Crippen molar-refractivity contribution in [3.8, 4) is 0 Å². The third kappa shape index (κ3) is 7.33. The molecule has 10 nitrogen and oxygen atoms in total. The lowest BCUT2D eigenvalue weighted by atomic mass is 10.1. The molecule has 182 valence electrons. The monoisotopic (exact) mass is 457 g/mol. The first-order valence-electron chi connectivity index (χ1n) is 11.9. The highest BCUT2D eigenvalue weighted by Crippen LogP contribution is 2.19. The quantitative estimate of drug-likeness (QED) is 0.307. The summed E-state index contributed by atoms with van der Waals surface area (Å²) in [4.78, 5) is 11.7. The number of hydrazine groups is 1. The zero-order chi connectivity index (χ0) is 23.8. The van der Waals surface area contributed by atoms with Crippen LogP contribution < -0.4 is 26.8 Å². The summed E-state index contributed by atoms with van der Waals surface area (Å²) in [5, 5.41) is 14.2. The number of nitrogens with one attached hydrogen (secondary N) is 5. The highest BCUT2D eigenvalue weighted by atomic mass is 16.5. The van der Waals surface area contributed by atoms with Crippen molar-refractivity contribution < 1.29 is 4.52 Å². The molecule has 0 saturated carbocycles. The highest BCUT2D eigenvalue weighted by molar-refractivity contribution is 5.53. The average molecular weight is 458 g/mol. The van der Waals surface area contributed by atoms with E-state index in [2.05, 4.69) is 94.4 Å². The van der Waals surface area contributed by atoms with Crippen molar-refractivity contribution in [3.63, 3.8) is 0 Å². The Morgan fingerprint density at radius 3 is 2.42 bits per heavy atom. The maximum absolute atomic E-state index is 5.44. The van der Waals surface area contributed by atoms with Crippen LogP contribution in [0.15, 0.2) is 28.4 Å². The molecule has 3 rings (SSSR count). The Labute approximate surface area is 197 Å². The molecule has 0 saturated heterocycles. The second-order valence-electron chi connectivity index (χ2n) is 8.81. The molecule has 1 unspecified atom stereocenters. The summed E-state index contributed by atoms with van der Waals surface area (Å²) in [6.07, 6.45) is 2.08. The maximum Gasteiger partial charge on any atom is 0.226 e. The summed E-state index contributed by atoms with van der Waals surface area (Å²) in [6, 6.07) is 3.90. The van der Waals surface area contributed by atoms with E-state index in [9.17, 15) is 0 Å². The molecule has 10 heteroatoms. The Morgan fingerprint density at radius 2 is 1.79 bits per heavy atom. The summed E-state index contributed by atoms with van der Waals surface area (Å²) in [6.45, 7) is 17.1. The van der Waals surface area contributed by atoms with Gasteiger partial charge in [-0.25, -0.2) is 5.43 Å². The number of anilines is 3. The van der Waals surface area contributed by atoms with E-state index in [1.807, 2.05) is 12.1 Å². The van der Waals surface area contributed by atoms with E-state index in [0.29, 0.717) is 24.3 Å². The Balaban J connectivity index is 1.70. The van der Waals surface area contributed by atoms with Gasteiger partial charge in [0.1, 0.15) is 17.8 Å². The maximum atomic E-state index is 5.44. The van der Waals surface area contributed by atoms with Crippen molar-refractivity contribution >= 4 is 17.6 Å². The van der Waals surface area contributed by atoms with Crippen LogP contribution in [0.3, 0.4) is 0 Å². The van der Waals surface area contributed by atoms with E-state index in [1.165, 1.54) is 0 Å². The van der Waals surface area contributed by atoms with Gasteiger partial charge in [0.15, 0.2) is 5.76 Å². The largest absolute Gasteiger partial charge is 0.369 e. The first-order chi connectivity index (χ1) is 15.9. The zero-order valence-corrected chi connectivity index (χ0v) is 20.7. The second kappa shape index (κ2) is 11.9. The third-order valence-corrected chi connectivity index (χ3v) is 5.59. The predicted molar refractivity (Wildman–Crippen MR) is 133 cm³/mol. The predicted octanol–water partition coefficient (Wildman–Crippen LogP) is 3.34. The van der Waals surface area contributed by atoms with Crippen LogP contribution in [0.1, 0.15) is 58.9 Å². The Hall–Kier alpha value is -2.85. The smallest absolute Gasteiger partial charge is 0.226 e. The van der Waals surface area contributed by atoms with Gasteiger partial charge in [0.2, 0.25) is 5.95 Å². The number of nitrogens with zero attached hydrogens (tertiary/aromatic N) is 4. The van der Waals surface area contributed by atoms with Gasteiger partial charge < -0.3 is 30.8 Å². The molecule has 3 heterocycles. The van der Waals surface area contributed by atoms with Gasteiger partial charge in [-0.3, -0.25) is 0 Å². The number of likely N-dealkylation sites (N-methyl/N-ethyl adjacent to an activating group) is 1. The fourth-order valence-electron chi connectivity index (χ4n) is 3.42. The molecule has 0 spiro atoms. The lowest BCUT2D eigenvalue weighted by Gasteiger charge is -2.19. The number of hydrogen-bond donors (Lipinski definition) is 5. The van der Waals surface area contributed by atoms with Crippen LogP contribution in [0.4, 0.5) is 17.6 Å². The minimum absolute atomic E-state index is 0.0588. The normalized spacial score (nSPS) is 15.8. The van der Waals surface area contributed by atoms with Gasteiger partial charge >= 0.3 is 0 Å². The molecule has 0 radical (unpaired) electrons. The molecule has 33 heavy (non-hydrogen) atoms.